The highest BCUT2D eigenvalue weighted by atomic mass is 16.5. The first-order chi connectivity index (χ1) is 9.65. The van der Waals surface area contributed by atoms with Crippen molar-refractivity contribution in [2.75, 3.05) is 7.11 Å². The largest absolute Gasteiger partial charge is 0.497 e. The van der Waals surface area contributed by atoms with Gasteiger partial charge in [-0.3, -0.25) is 4.79 Å². The molecular weight excluding hydrogens is 256 g/mol. The van der Waals surface area contributed by atoms with Crippen molar-refractivity contribution in [1.29, 1.82) is 0 Å². The molecule has 0 bridgehead atoms. The second-order valence-electron chi connectivity index (χ2n) is 4.39. The highest BCUT2D eigenvalue weighted by Gasteiger charge is 2.19. The van der Waals surface area contributed by atoms with Crippen molar-refractivity contribution < 1.29 is 19.7 Å². The first-order valence-electron chi connectivity index (χ1n) is 6.21. The number of methoxy groups -OCH3 is 1. The first-order valence-corrected chi connectivity index (χ1v) is 6.21. The van der Waals surface area contributed by atoms with Gasteiger partial charge < -0.3 is 14.9 Å². The van der Waals surface area contributed by atoms with E-state index in [1.54, 1.807) is 55.6 Å². The second-order valence-corrected chi connectivity index (χ2v) is 4.39. The number of carbonyl (C=O) groups excluding carboxylic acids is 1. The highest BCUT2D eigenvalue weighted by molar-refractivity contribution is 5.99. The van der Waals surface area contributed by atoms with Crippen LogP contribution in [0.25, 0.3) is 0 Å². The molecule has 0 aliphatic carbocycles. The van der Waals surface area contributed by atoms with E-state index in [4.69, 9.17) is 9.84 Å². The molecule has 0 saturated heterocycles. The second kappa shape index (κ2) is 6.32. The third-order valence-corrected chi connectivity index (χ3v) is 3.10. The van der Waals surface area contributed by atoms with E-state index in [9.17, 15) is 9.90 Å². The summed E-state index contributed by atoms with van der Waals surface area (Å²) in [6.07, 6.45) is -1.21. The number of hydrogen-bond donors (Lipinski definition) is 2. The van der Waals surface area contributed by atoms with Crippen molar-refractivity contribution in [1.82, 2.24) is 0 Å². The van der Waals surface area contributed by atoms with Gasteiger partial charge in [0.2, 0.25) is 0 Å². The van der Waals surface area contributed by atoms with Crippen LogP contribution in [0.1, 0.15) is 27.6 Å². The maximum absolute atomic E-state index is 12.2. The number of aliphatic hydroxyl groups excluding tert-OH is 2. The van der Waals surface area contributed by atoms with Crippen LogP contribution < -0.4 is 4.74 Å². The fraction of sp³-hybridized carbons (Fsp3) is 0.188. The topological polar surface area (TPSA) is 66.8 Å². The van der Waals surface area contributed by atoms with Gasteiger partial charge in [0.1, 0.15) is 11.9 Å². The predicted molar refractivity (Wildman–Crippen MR) is 74.6 cm³/mol. The molecule has 4 nitrogen and oxygen atoms in total. The molecule has 0 radical (unpaired) electrons. The Balaban J connectivity index is 2.17. The van der Waals surface area contributed by atoms with Crippen molar-refractivity contribution in [3.8, 4) is 5.75 Å². The summed E-state index contributed by atoms with van der Waals surface area (Å²) in [5.74, 6) is 0.292. The zero-order valence-corrected chi connectivity index (χ0v) is 11.1. The smallest absolute Gasteiger partial charge is 0.195 e. The molecular formula is C16H16O4. The monoisotopic (exact) mass is 272 g/mol. The van der Waals surface area contributed by atoms with Crippen LogP contribution in [0.2, 0.25) is 0 Å². The quantitative estimate of drug-likeness (QED) is 0.818. The van der Waals surface area contributed by atoms with Crippen molar-refractivity contribution in [3.63, 3.8) is 0 Å². The van der Waals surface area contributed by atoms with E-state index in [0.29, 0.717) is 16.9 Å². The number of aliphatic hydroxyl groups is 2. The average molecular weight is 272 g/mol. The van der Waals surface area contributed by atoms with Crippen LogP contribution >= 0.6 is 0 Å². The summed E-state index contributed by atoms with van der Waals surface area (Å²) in [5, 5.41) is 19.1. The van der Waals surface area contributed by atoms with Crippen molar-refractivity contribution in [2.24, 2.45) is 0 Å². The molecule has 4 heteroatoms. The fourth-order valence-electron chi connectivity index (χ4n) is 1.87. The van der Waals surface area contributed by atoms with Gasteiger partial charge in [-0.05, 0) is 23.3 Å². The summed E-state index contributed by atoms with van der Waals surface area (Å²) in [6.45, 7) is -0.0739. The van der Waals surface area contributed by atoms with Gasteiger partial charge in [0.15, 0.2) is 5.78 Å². The van der Waals surface area contributed by atoms with Gasteiger partial charge in [0.25, 0.3) is 0 Å². The summed E-state index contributed by atoms with van der Waals surface area (Å²) < 4.78 is 5.03. The zero-order chi connectivity index (χ0) is 14.5. The Kier molecular flexibility index (Phi) is 4.50. The van der Waals surface area contributed by atoms with Crippen LogP contribution in [0.15, 0.2) is 48.5 Å². The van der Waals surface area contributed by atoms with Gasteiger partial charge >= 0.3 is 0 Å². The number of hydrogen-bond acceptors (Lipinski definition) is 4. The lowest BCUT2D eigenvalue weighted by Gasteiger charge is -2.11. The molecule has 0 fully saturated rings. The lowest BCUT2D eigenvalue weighted by Crippen LogP contribution is -2.12. The summed E-state index contributed by atoms with van der Waals surface area (Å²) in [4.78, 5) is 12.2. The molecule has 1 atom stereocenters. The molecule has 2 aromatic carbocycles. The van der Waals surface area contributed by atoms with Crippen LogP contribution in [-0.2, 0) is 6.61 Å². The van der Waals surface area contributed by atoms with Gasteiger partial charge in [0.05, 0.1) is 13.7 Å². The summed E-state index contributed by atoms with van der Waals surface area (Å²) in [7, 11) is 1.55. The SMILES string of the molecule is COc1ccc(C(O)C(=O)c2ccc(CO)cc2)cc1. The molecule has 2 aromatic rings. The standard InChI is InChI=1S/C16H16O4/c1-20-14-8-6-13(7-9-14)16(19)15(18)12-4-2-11(10-17)3-5-12/h2-9,16-17,19H,10H2,1H3. The molecule has 0 saturated carbocycles. The number of ketones is 1. The third-order valence-electron chi connectivity index (χ3n) is 3.10. The summed E-state index contributed by atoms with van der Waals surface area (Å²) >= 11 is 0. The first kappa shape index (κ1) is 14.2. The summed E-state index contributed by atoms with van der Waals surface area (Å²) in [5.41, 5.74) is 1.65. The van der Waals surface area contributed by atoms with Crippen molar-refractivity contribution in [2.45, 2.75) is 12.7 Å². The lowest BCUT2D eigenvalue weighted by atomic mass is 9.99. The third kappa shape index (κ3) is 3.04. The molecule has 1 unspecified atom stereocenters. The Bertz CT molecular complexity index is 572. The fourth-order valence-corrected chi connectivity index (χ4v) is 1.87. The predicted octanol–water partition coefficient (Wildman–Crippen LogP) is 2.10. The minimum atomic E-state index is -1.21. The molecule has 20 heavy (non-hydrogen) atoms. The molecule has 0 aliphatic rings. The number of ether oxygens (including phenoxy) is 1. The van der Waals surface area contributed by atoms with E-state index < -0.39 is 6.10 Å². The van der Waals surface area contributed by atoms with Crippen LogP contribution in [0.4, 0.5) is 0 Å². The van der Waals surface area contributed by atoms with E-state index in [0.717, 1.165) is 5.56 Å². The average Bonchev–Trinajstić information content (AvgIpc) is 2.53. The molecule has 0 heterocycles. The van der Waals surface area contributed by atoms with Gasteiger partial charge in [-0.25, -0.2) is 0 Å². The summed E-state index contributed by atoms with van der Waals surface area (Å²) in [6, 6.07) is 13.2. The Morgan fingerprint density at radius 1 is 1.10 bits per heavy atom. The normalized spacial score (nSPS) is 11.9. The number of Topliss-reactive ketones (excluding diaryl/α,β-unsaturated/α-hetero) is 1. The van der Waals surface area contributed by atoms with E-state index >= 15 is 0 Å². The Morgan fingerprint density at radius 3 is 2.20 bits per heavy atom. The van der Waals surface area contributed by atoms with Crippen LogP contribution in [0.3, 0.4) is 0 Å². The van der Waals surface area contributed by atoms with Crippen LogP contribution in [0.5, 0.6) is 5.75 Å². The van der Waals surface area contributed by atoms with Gasteiger partial charge in [0, 0.05) is 5.56 Å². The van der Waals surface area contributed by atoms with Crippen LogP contribution in [-0.4, -0.2) is 23.1 Å². The molecule has 0 spiro atoms. The van der Waals surface area contributed by atoms with E-state index in [1.807, 2.05) is 0 Å². The molecule has 0 aromatic heterocycles. The Morgan fingerprint density at radius 2 is 1.70 bits per heavy atom. The van der Waals surface area contributed by atoms with Crippen molar-refractivity contribution >= 4 is 5.78 Å². The lowest BCUT2D eigenvalue weighted by molar-refractivity contribution is 0.0747. The molecule has 0 amide bonds. The minimum absolute atomic E-state index is 0.0739. The molecule has 2 N–H and O–H groups in total. The molecule has 2 rings (SSSR count). The molecule has 104 valence electrons. The maximum atomic E-state index is 12.2. The zero-order valence-electron chi connectivity index (χ0n) is 11.1. The Labute approximate surface area is 117 Å². The Hall–Kier alpha value is -2.17. The van der Waals surface area contributed by atoms with Gasteiger partial charge in [-0.15, -0.1) is 0 Å². The van der Waals surface area contributed by atoms with Crippen LogP contribution in [0, 0.1) is 0 Å². The number of carbonyl (C=O) groups is 1. The highest BCUT2D eigenvalue weighted by Crippen LogP contribution is 2.21. The number of rotatable bonds is 5. The minimum Gasteiger partial charge on any atom is -0.497 e. The van der Waals surface area contributed by atoms with E-state index in [2.05, 4.69) is 0 Å². The maximum Gasteiger partial charge on any atom is 0.195 e. The van der Waals surface area contributed by atoms with E-state index in [-0.39, 0.29) is 12.4 Å². The van der Waals surface area contributed by atoms with E-state index in [1.165, 1.54) is 0 Å². The molecule has 0 aliphatic heterocycles. The number of benzene rings is 2. The van der Waals surface area contributed by atoms with Crippen molar-refractivity contribution in [3.05, 3.63) is 65.2 Å². The van der Waals surface area contributed by atoms with Gasteiger partial charge in [-0.1, -0.05) is 36.4 Å². The van der Waals surface area contributed by atoms with Gasteiger partial charge in [-0.2, -0.15) is 0 Å².